The summed E-state index contributed by atoms with van der Waals surface area (Å²) in [4.78, 5) is 0. The van der Waals surface area contributed by atoms with Crippen LogP contribution < -0.4 is 0 Å². The molecule has 0 bridgehead atoms. The number of hydrogen-bond donors (Lipinski definition) is 0. The van der Waals surface area contributed by atoms with Crippen LogP contribution in [-0.2, 0) is 17.6 Å². The molecule has 0 aromatic carbocycles. The number of methoxy groups -OCH3 is 1. The first-order chi connectivity index (χ1) is 6.22. The molecule has 1 aliphatic rings. The molecule has 13 heavy (non-hydrogen) atoms. The Morgan fingerprint density at radius 3 is 2.85 bits per heavy atom. The normalized spacial score (nSPS) is 21.6. The average Bonchev–Trinajstić information content (AvgIpc) is 2.43. The van der Waals surface area contributed by atoms with Gasteiger partial charge in [-0.3, -0.25) is 0 Å². The molecule has 0 radical (unpaired) electrons. The van der Waals surface area contributed by atoms with E-state index in [4.69, 9.17) is 9.15 Å². The molecular weight excluding hydrogens is 164 g/mol. The van der Waals surface area contributed by atoms with Crippen molar-refractivity contribution < 1.29 is 9.15 Å². The Kier molecular flexibility index (Phi) is 2.16. The summed E-state index contributed by atoms with van der Waals surface area (Å²) in [5.74, 6) is 2.25. The Labute approximate surface area is 78.9 Å². The Bertz CT molecular complexity index is 312. The van der Waals surface area contributed by atoms with Gasteiger partial charge in [-0.05, 0) is 31.4 Å². The van der Waals surface area contributed by atoms with Gasteiger partial charge in [0.2, 0.25) is 0 Å². The molecule has 0 saturated heterocycles. The third kappa shape index (κ3) is 1.39. The summed E-state index contributed by atoms with van der Waals surface area (Å²) in [6.07, 6.45) is 3.54. The molecular formula is C11H16O2. The third-order valence-corrected chi connectivity index (χ3v) is 3.05. The lowest BCUT2D eigenvalue weighted by Crippen LogP contribution is -2.20. The van der Waals surface area contributed by atoms with Gasteiger partial charge < -0.3 is 9.15 Å². The second kappa shape index (κ2) is 3.18. The Hall–Kier alpha value is -0.760. The van der Waals surface area contributed by atoms with Crippen molar-refractivity contribution in [2.75, 3.05) is 7.11 Å². The molecule has 1 aliphatic carbocycles. The predicted molar refractivity (Wildman–Crippen MR) is 51.0 cm³/mol. The van der Waals surface area contributed by atoms with Crippen molar-refractivity contribution in [2.24, 2.45) is 0 Å². The van der Waals surface area contributed by atoms with Crippen molar-refractivity contribution in [3.63, 3.8) is 0 Å². The zero-order chi connectivity index (χ0) is 9.42. The lowest BCUT2D eigenvalue weighted by atomic mass is 9.93. The second-order valence-electron chi connectivity index (χ2n) is 3.79. The fourth-order valence-electron chi connectivity index (χ4n) is 2.04. The molecule has 0 aliphatic heterocycles. The van der Waals surface area contributed by atoms with E-state index in [1.165, 1.54) is 16.9 Å². The van der Waals surface area contributed by atoms with Gasteiger partial charge >= 0.3 is 0 Å². The molecule has 1 aromatic heterocycles. The highest BCUT2D eigenvalue weighted by Gasteiger charge is 2.23. The van der Waals surface area contributed by atoms with Gasteiger partial charge in [0.1, 0.15) is 11.5 Å². The van der Waals surface area contributed by atoms with Gasteiger partial charge in [0.25, 0.3) is 0 Å². The molecule has 2 rings (SSSR count). The van der Waals surface area contributed by atoms with Crippen LogP contribution in [0, 0.1) is 13.8 Å². The van der Waals surface area contributed by atoms with Gasteiger partial charge in [-0.15, -0.1) is 0 Å². The Balaban J connectivity index is 2.32. The van der Waals surface area contributed by atoms with Crippen molar-refractivity contribution in [3.05, 3.63) is 22.6 Å². The van der Waals surface area contributed by atoms with Crippen molar-refractivity contribution in [1.82, 2.24) is 0 Å². The third-order valence-electron chi connectivity index (χ3n) is 3.05. The second-order valence-corrected chi connectivity index (χ2v) is 3.79. The van der Waals surface area contributed by atoms with Crippen LogP contribution >= 0.6 is 0 Å². The highest BCUT2D eigenvalue weighted by molar-refractivity contribution is 5.34. The van der Waals surface area contributed by atoms with Gasteiger partial charge in [-0.25, -0.2) is 0 Å². The number of aryl methyl sites for hydroxylation is 2. The summed E-state index contributed by atoms with van der Waals surface area (Å²) >= 11 is 0. The van der Waals surface area contributed by atoms with E-state index >= 15 is 0 Å². The molecule has 0 amide bonds. The lowest BCUT2D eigenvalue weighted by Gasteiger charge is -2.20. The molecule has 2 nitrogen and oxygen atoms in total. The van der Waals surface area contributed by atoms with Crippen molar-refractivity contribution >= 4 is 0 Å². The number of furan rings is 1. The monoisotopic (exact) mass is 180 g/mol. The Morgan fingerprint density at radius 2 is 2.15 bits per heavy atom. The van der Waals surface area contributed by atoms with Crippen LogP contribution in [0.15, 0.2) is 4.42 Å². The maximum atomic E-state index is 5.67. The molecule has 0 spiro atoms. The summed E-state index contributed by atoms with van der Waals surface area (Å²) in [5.41, 5.74) is 2.70. The number of ether oxygens (including phenoxy) is 1. The topological polar surface area (TPSA) is 22.4 Å². The highest BCUT2D eigenvalue weighted by atomic mass is 16.5. The van der Waals surface area contributed by atoms with E-state index in [0.717, 1.165) is 25.0 Å². The maximum Gasteiger partial charge on any atom is 0.107 e. The lowest BCUT2D eigenvalue weighted by molar-refractivity contribution is 0.0884. The van der Waals surface area contributed by atoms with Crippen molar-refractivity contribution in [2.45, 2.75) is 39.2 Å². The Morgan fingerprint density at radius 1 is 1.38 bits per heavy atom. The van der Waals surface area contributed by atoms with Gasteiger partial charge in [0.05, 0.1) is 6.10 Å². The minimum absolute atomic E-state index is 0.392. The number of fused-ring (bicyclic) bond motifs is 1. The first-order valence-electron chi connectivity index (χ1n) is 4.83. The van der Waals surface area contributed by atoms with Crippen molar-refractivity contribution in [3.8, 4) is 0 Å². The van der Waals surface area contributed by atoms with E-state index in [-0.39, 0.29) is 0 Å². The molecule has 0 N–H and O–H groups in total. The fraction of sp³-hybridized carbons (Fsp3) is 0.636. The van der Waals surface area contributed by atoms with E-state index in [1.807, 2.05) is 6.92 Å². The summed E-state index contributed by atoms with van der Waals surface area (Å²) in [7, 11) is 1.79. The average molecular weight is 180 g/mol. The first kappa shape index (κ1) is 8.82. The first-order valence-corrected chi connectivity index (χ1v) is 4.83. The van der Waals surface area contributed by atoms with Crippen molar-refractivity contribution in [1.29, 1.82) is 0 Å². The van der Waals surface area contributed by atoms with Crippen LogP contribution in [0.25, 0.3) is 0 Å². The van der Waals surface area contributed by atoms with Gasteiger partial charge in [-0.2, -0.15) is 0 Å². The van der Waals surface area contributed by atoms with Gasteiger partial charge in [0, 0.05) is 20.0 Å². The minimum Gasteiger partial charge on any atom is -0.466 e. The molecule has 1 aromatic rings. The summed E-state index contributed by atoms with van der Waals surface area (Å²) < 4.78 is 11.0. The van der Waals surface area contributed by atoms with Crippen LogP contribution in [0.5, 0.6) is 0 Å². The number of hydrogen-bond acceptors (Lipinski definition) is 2. The maximum absolute atomic E-state index is 5.67. The summed E-state index contributed by atoms with van der Waals surface area (Å²) in [6.45, 7) is 4.17. The molecule has 72 valence electrons. The SMILES string of the molecule is COC1CCc2oc(C)c(C)c2C1. The summed E-state index contributed by atoms with van der Waals surface area (Å²) in [6, 6.07) is 0. The zero-order valence-corrected chi connectivity index (χ0v) is 8.52. The summed E-state index contributed by atoms with van der Waals surface area (Å²) in [5, 5.41) is 0. The van der Waals surface area contributed by atoms with E-state index in [0.29, 0.717) is 6.10 Å². The molecule has 0 saturated carbocycles. The zero-order valence-electron chi connectivity index (χ0n) is 8.52. The molecule has 0 fully saturated rings. The van der Waals surface area contributed by atoms with Crippen LogP contribution in [-0.4, -0.2) is 13.2 Å². The van der Waals surface area contributed by atoms with E-state index < -0.39 is 0 Å². The standard InChI is InChI=1S/C11H16O2/c1-7-8(2)13-11-5-4-9(12-3)6-10(7)11/h9H,4-6H2,1-3H3. The van der Waals surface area contributed by atoms with E-state index in [9.17, 15) is 0 Å². The highest BCUT2D eigenvalue weighted by Crippen LogP contribution is 2.29. The molecule has 1 atom stereocenters. The fourth-order valence-corrected chi connectivity index (χ4v) is 2.04. The van der Waals surface area contributed by atoms with Crippen LogP contribution in [0.3, 0.4) is 0 Å². The molecule has 2 heteroatoms. The quantitative estimate of drug-likeness (QED) is 0.662. The molecule has 1 unspecified atom stereocenters. The smallest absolute Gasteiger partial charge is 0.107 e. The number of rotatable bonds is 1. The van der Waals surface area contributed by atoms with Gasteiger partial charge in [-0.1, -0.05) is 0 Å². The van der Waals surface area contributed by atoms with Crippen LogP contribution in [0.4, 0.5) is 0 Å². The van der Waals surface area contributed by atoms with Crippen LogP contribution in [0.1, 0.15) is 29.1 Å². The van der Waals surface area contributed by atoms with E-state index in [1.54, 1.807) is 7.11 Å². The largest absolute Gasteiger partial charge is 0.466 e. The van der Waals surface area contributed by atoms with Gasteiger partial charge in [0.15, 0.2) is 0 Å². The molecule has 1 heterocycles. The predicted octanol–water partition coefficient (Wildman–Crippen LogP) is 2.40. The van der Waals surface area contributed by atoms with E-state index in [2.05, 4.69) is 6.92 Å². The minimum atomic E-state index is 0.392. The van der Waals surface area contributed by atoms with Crippen LogP contribution in [0.2, 0.25) is 0 Å².